The molecule has 7 heteroatoms. The molecule has 0 saturated heterocycles. The zero-order valence-electron chi connectivity index (χ0n) is 15.9. The van der Waals surface area contributed by atoms with Gasteiger partial charge in [-0.2, -0.15) is 0 Å². The Labute approximate surface area is 168 Å². The van der Waals surface area contributed by atoms with Crippen LogP contribution >= 0.6 is 11.8 Å². The van der Waals surface area contributed by atoms with Crippen molar-refractivity contribution in [1.82, 2.24) is 9.97 Å². The van der Waals surface area contributed by atoms with Crippen molar-refractivity contribution in [3.05, 3.63) is 65.9 Å². The molecule has 3 rings (SSSR count). The molecular formula is C21H21N3O3S. The molecule has 0 aliphatic rings. The molecule has 0 saturated carbocycles. The van der Waals surface area contributed by atoms with E-state index in [2.05, 4.69) is 15.3 Å². The second-order valence-electron chi connectivity index (χ2n) is 6.03. The van der Waals surface area contributed by atoms with Crippen LogP contribution in [0.4, 0.5) is 11.5 Å². The van der Waals surface area contributed by atoms with Gasteiger partial charge in [0.1, 0.15) is 17.3 Å². The smallest absolute Gasteiger partial charge is 0.315 e. The van der Waals surface area contributed by atoms with Gasteiger partial charge in [-0.1, -0.05) is 30.0 Å². The van der Waals surface area contributed by atoms with Crippen LogP contribution in [0, 0.1) is 6.92 Å². The third kappa shape index (κ3) is 5.47. The topological polar surface area (TPSA) is 73.3 Å². The van der Waals surface area contributed by atoms with Crippen LogP contribution in [0.25, 0.3) is 0 Å². The van der Waals surface area contributed by atoms with Crippen LogP contribution in [0.3, 0.4) is 0 Å². The summed E-state index contributed by atoms with van der Waals surface area (Å²) >= 11 is 1.48. The Morgan fingerprint density at radius 1 is 1.07 bits per heavy atom. The van der Waals surface area contributed by atoms with Crippen molar-refractivity contribution in [2.45, 2.75) is 18.5 Å². The van der Waals surface area contributed by atoms with Crippen molar-refractivity contribution in [1.29, 1.82) is 0 Å². The maximum Gasteiger partial charge on any atom is 0.315 e. The molecule has 0 aliphatic heterocycles. The molecule has 1 N–H and O–H groups in total. The quantitative estimate of drug-likeness (QED) is 0.275. The van der Waals surface area contributed by atoms with Crippen molar-refractivity contribution >= 4 is 29.2 Å². The SMILES string of the molecule is COc1ccc(CC(=O)Oc2cccc(Nc3cc(C)nc(SC)n3)c2)cc1. The van der Waals surface area contributed by atoms with Crippen LogP contribution in [-0.2, 0) is 11.2 Å². The third-order valence-electron chi connectivity index (χ3n) is 3.86. The van der Waals surface area contributed by atoms with E-state index < -0.39 is 0 Å². The van der Waals surface area contributed by atoms with Crippen LogP contribution in [-0.4, -0.2) is 29.3 Å². The van der Waals surface area contributed by atoms with E-state index in [-0.39, 0.29) is 12.4 Å². The van der Waals surface area contributed by atoms with Crippen LogP contribution < -0.4 is 14.8 Å². The third-order valence-corrected chi connectivity index (χ3v) is 4.41. The Morgan fingerprint density at radius 2 is 1.86 bits per heavy atom. The maximum atomic E-state index is 12.2. The number of thioether (sulfide) groups is 1. The normalized spacial score (nSPS) is 10.4. The van der Waals surface area contributed by atoms with Gasteiger partial charge >= 0.3 is 5.97 Å². The van der Waals surface area contributed by atoms with Crippen molar-refractivity contribution in [3.8, 4) is 11.5 Å². The Morgan fingerprint density at radius 3 is 2.57 bits per heavy atom. The van der Waals surface area contributed by atoms with Gasteiger partial charge in [0.2, 0.25) is 0 Å². The first-order valence-electron chi connectivity index (χ1n) is 8.66. The number of hydrogen-bond donors (Lipinski definition) is 1. The number of nitrogens with zero attached hydrogens (tertiary/aromatic N) is 2. The molecule has 0 radical (unpaired) electrons. The molecule has 1 aromatic heterocycles. The van der Waals surface area contributed by atoms with Crippen LogP contribution in [0.2, 0.25) is 0 Å². The first kappa shape index (κ1) is 19.7. The molecule has 0 spiro atoms. The highest BCUT2D eigenvalue weighted by Crippen LogP contribution is 2.23. The second kappa shape index (κ2) is 9.23. The number of hydrogen-bond acceptors (Lipinski definition) is 7. The summed E-state index contributed by atoms with van der Waals surface area (Å²) in [5.41, 5.74) is 2.52. The number of carbonyl (C=O) groups is 1. The van der Waals surface area contributed by atoms with Crippen molar-refractivity contribution in [2.75, 3.05) is 18.7 Å². The number of esters is 1. The van der Waals surface area contributed by atoms with Gasteiger partial charge in [0.25, 0.3) is 0 Å². The van der Waals surface area contributed by atoms with Gasteiger partial charge in [0, 0.05) is 23.5 Å². The molecule has 0 bridgehead atoms. The van der Waals surface area contributed by atoms with Crippen LogP contribution in [0.15, 0.2) is 59.8 Å². The lowest BCUT2D eigenvalue weighted by molar-refractivity contribution is -0.133. The minimum Gasteiger partial charge on any atom is -0.497 e. The number of carbonyl (C=O) groups excluding carboxylic acids is 1. The van der Waals surface area contributed by atoms with Gasteiger partial charge in [0.15, 0.2) is 5.16 Å². The predicted molar refractivity (Wildman–Crippen MR) is 111 cm³/mol. The average Bonchev–Trinajstić information content (AvgIpc) is 2.68. The standard InChI is InChI=1S/C21H21N3O3S/c1-14-11-19(24-21(22-14)28-3)23-16-5-4-6-18(13-16)27-20(25)12-15-7-9-17(26-2)10-8-15/h4-11,13H,12H2,1-3H3,(H,22,23,24). The van der Waals surface area contributed by atoms with Crippen LogP contribution in [0.1, 0.15) is 11.3 Å². The highest BCUT2D eigenvalue weighted by molar-refractivity contribution is 7.98. The van der Waals surface area contributed by atoms with E-state index >= 15 is 0 Å². The minimum atomic E-state index is -0.329. The predicted octanol–water partition coefficient (Wildman–Crippen LogP) is 4.41. The molecule has 0 amide bonds. The molecule has 0 aliphatic carbocycles. The van der Waals surface area contributed by atoms with Gasteiger partial charge < -0.3 is 14.8 Å². The minimum absolute atomic E-state index is 0.184. The molecule has 6 nitrogen and oxygen atoms in total. The lowest BCUT2D eigenvalue weighted by Crippen LogP contribution is -2.11. The largest absolute Gasteiger partial charge is 0.497 e. The second-order valence-corrected chi connectivity index (χ2v) is 6.81. The summed E-state index contributed by atoms with van der Waals surface area (Å²) in [5.74, 6) is 1.59. The van der Waals surface area contributed by atoms with E-state index in [4.69, 9.17) is 9.47 Å². The number of ether oxygens (including phenoxy) is 2. The van der Waals surface area contributed by atoms with E-state index in [1.54, 1.807) is 19.2 Å². The molecule has 144 valence electrons. The van der Waals surface area contributed by atoms with Gasteiger partial charge in [0.05, 0.1) is 13.5 Å². The number of benzene rings is 2. The first-order chi connectivity index (χ1) is 13.6. The molecule has 0 unspecified atom stereocenters. The molecule has 0 atom stereocenters. The zero-order chi connectivity index (χ0) is 19.9. The number of rotatable bonds is 7. The summed E-state index contributed by atoms with van der Waals surface area (Å²) in [7, 11) is 1.61. The summed E-state index contributed by atoms with van der Waals surface area (Å²) < 4.78 is 10.6. The molecular weight excluding hydrogens is 374 g/mol. The van der Waals surface area contributed by atoms with Crippen molar-refractivity contribution in [3.63, 3.8) is 0 Å². The highest BCUT2D eigenvalue weighted by Gasteiger charge is 2.08. The van der Waals surface area contributed by atoms with Gasteiger partial charge in [-0.15, -0.1) is 0 Å². The summed E-state index contributed by atoms with van der Waals surface area (Å²) in [6, 6.07) is 16.4. The maximum absolute atomic E-state index is 12.2. The zero-order valence-corrected chi connectivity index (χ0v) is 16.7. The Kier molecular flexibility index (Phi) is 6.49. The van der Waals surface area contributed by atoms with E-state index in [1.165, 1.54) is 11.8 Å². The summed E-state index contributed by atoms with van der Waals surface area (Å²) in [4.78, 5) is 21.0. The number of anilines is 2. The molecule has 0 fully saturated rings. The Hall–Kier alpha value is -3.06. The molecule has 3 aromatic rings. The van der Waals surface area contributed by atoms with Crippen molar-refractivity contribution in [2.24, 2.45) is 0 Å². The number of methoxy groups -OCH3 is 1. The van der Waals surface area contributed by atoms with Crippen molar-refractivity contribution < 1.29 is 14.3 Å². The van der Waals surface area contributed by atoms with E-state index in [1.807, 2.05) is 55.6 Å². The number of aromatic nitrogens is 2. The first-order valence-corrected chi connectivity index (χ1v) is 9.88. The fourth-order valence-electron chi connectivity index (χ4n) is 2.56. The van der Waals surface area contributed by atoms with Gasteiger partial charge in [-0.25, -0.2) is 9.97 Å². The molecule has 28 heavy (non-hydrogen) atoms. The Bertz CT molecular complexity index is 961. The molecule has 2 aromatic carbocycles. The average molecular weight is 395 g/mol. The monoisotopic (exact) mass is 395 g/mol. The van der Waals surface area contributed by atoms with E-state index in [0.717, 1.165) is 22.7 Å². The fourth-order valence-corrected chi connectivity index (χ4v) is 2.98. The lowest BCUT2D eigenvalue weighted by atomic mass is 10.1. The fraction of sp³-hybridized carbons (Fsp3) is 0.190. The lowest BCUT2D eigenvalue weighted by Gasteiger charge is -2.10. The molecule has 1 heterocycles. The highest BCUT2D eigenvalue weighted by atomic mass is 32.2. The summed E-state index contributed by atoms with van der Waals surface area (Å²) in [5, 5.41) is 3.92. The Balaban J connectivity index is 1.65. The number of nitrogens with one attached hydrogen (secondary N) is 1. The van der Waals surface area contributed by atoms with Gasteiger partial charge in [-0.05, 0) is 43.0 Å². The van der Waals surface area contributed by atoms with E-state index in [0.29, 0.717) is 16.7 Å². The number of aryl methyl sites for hydroxylation is 1. The summed E-state index contributed by atoms with van der Waals surface area (Å²) in [6.07, 6.45) is 2.12. The van der Waals surface area contributed by atoms with E-state index in [9.17, 15) is 4.79 Å². The summed E-state index contributed by atoms with van der Waals surface area (Å²) in [6.45, 7) is 1.92. The van der Waals surface area contributed by atoms with Gasteiger partial charge in [-0.3, -0.25) is 4.79 Å². The van der Waals surface area contributed by atoms with Crippen LogP contribution in [0.5, 0.6) is 11.5 Å².